The smallest absolute Gasteiger partial charge is 0.133 e. The number of anilines is 1. The molecule has 2 aromatic carbocycles. The van der Waals surface area contributed by atoms with Crippen molar-refractivity contribution in [2.45, 2.75) is 63.9 Å². The van der Waals surface area contributed by atoms with E-state index in [2.05, 4.69) is 46.4 Å². The zero-order valence-corrected chi connectivity index (χ0v) is 17.6. The molecule has 0 amide bonds. The Balaban J connectivity index is 1.39. The average Bonchev–Trinajstić information content (AvgIpc) is 3.00. The molecule has 0 unspecified atom stereocenters. The van der Waals surface area contributed by atoms with Gasteiger partial charge in [0.1, 0.15) is 18.2 Å². The van der Waals surface area contributed by atoms with Crippen molar-refractivity contribution in [3.05, 3.63) is 71.4 Å². The molecule has 2 aliphatic rings. The van der Waals surface area contributed by atoms with Crippen LogP contribution in [0.1, 0.15) is 67.7 Å². The molecule has 2 heterocycles. The molecular formula is C26H31N3O. The van der Waals surface area contributed by atoms with E-state index in [0.717, 1.165) is 24.4 Å². The molecule has 30 heavy (non-hydrogen) atoms. The maximum atomic E-state index is 5.97. The lowest BCUT2D eigenvalue weighted by atomic mass is 9.85. The molecule has 1 fully saturated rings. The van der Waals surface area contributed by atoms with Gasteiger partial charge in [-0.05, 0) is 61.9 Å². The summed E-state index contributed by atoms with van der Waals surface area (Å²) in [6.07, 6.45) is 10.3. The number of benzene rings is 2. The summed E-state index contributed by atoms with van der Waals surface area (Å²) in [7, 11) is 0. The van der Waals surface area contributed by atoms with E-state index in [1.54, 1.807) is 0 Å². The summed E-state index contributed by atoms with van der Waals surface area (Å²) in [5.74, 6) is 2.73. The molecule has 156 valence electrons. The highest BCUT2D eigenvalue weighted by Crippen LogP contribution is 2.38. The number of fused-ring (bicyclic) bond motifs is 1. The van der Waals surface area contributed by atoms with Crippen molar-refractivity contribution in [1.29, 1.82) is 0 Å². The van der Waals surface area contributed by atoms with Crippen LogP contribution in [0.4, 0.5) is 5.82 Å². The van der Waals surface area contributed by atoms with Crippen LogP contribution in [-0.2, 0) is 13.0 Å². The first-order chi connectivity index (χ1) is 14.9. The van der Waals surface area contributed by atoms with E-state index < -0.39 is 0 Å². The Kier molecular flexibility index (Phi) is 5.73. The number of hydrogen-bond acceptors (Lipinski definition) is 3. The Labute approximate surface area is 179 Å². The van der Waals surface area contributed by atoms with E-state index in [0.29, 0.717) is 12.5 Å². The summed E-state index contributed by atoms with van der Waals surface area (Å²) in [4.78, 5) is 0. The maximum absolute atomic E-state index is 5.97. The molecule has 4 nitrogen and oxygen atoms in total. The summed E-state index contributed by atoms with van der Waals surface area (Å²) in [5, 5.41) is 8.85. The summed E-state index contributed by atoms with van der Waals surface area (Å²) in [6.45, 7) is 1.62. The monoisotopic (exact) mass is 401 g/mol. The molecule has 1 aromatic heterocycles. The van der Waals surface area contributed by atoms with Gasteiger partial charge in [0.2, 0.25) is 0 Å². The van der Waals surface area contributed by atoms with Crippen LogP contribution in [0, 0.1) is 0 Å². The normalized spacial score (nSPS) is 17.1. The fraction of sp³-hybridized carbons (Fsp3) is 0.423. The van der Waals surface area contributed by atoms with Crippen molar-refractivity contribution < 1.29 is 4.74 Å². The molecule has 1 N–H and O–H groups in total. The van der Waals surface area contributed by atoms with Crippen molar-refractivity contribution in [2.24, 2.45) is 0 Å². The number of ether oxygens (including phenoxy) is 1. The topological polar surface area (TPSA) is 39.1 Å². The van der Waals surface area contributed by atoms with E-state index in [9.17, 15) is 0 Å². The molecule has 0 radical (unpaired) electrons. The van der Waals surface area contributed by atoms with Crippen LogP contribution in [0.2, 0.25) is 0 Å². The van der Waals surface area contributed by atoms with Crippen LogP contribution in [-0.4, -0.2) is 16.3 Å². The minimum Gasteiger partial charge on any atom is -0.489 e. The Morgan fingerprint density at radius 1 is 0.900 bits per heavy atom. The molecule has 3 aromatic rings. The number of nitrogens with zero attached hydrogens (tertiary/aromatic N) is 2. The van der Waals surface area contributed by atoms with Gasteiger partial charge in [-0.25, -0.2) is 4.68 Å². The van der Waals surface area contributed by atoms with E-state index in [4.69, 9.17) is 9.84 Å². The number of nitrogens with one attached hydrogen (secondary N) is 1. The second kappa shape index (κ2) is 8.95. The lowest BCUT2D eigenvalue weighted by Gasteiger charge is -2.20. The quantitative estimate of drug-likeness (QED) is 0.549. The third kappa shape index (κ3) is 4.09. The Morgan fingerprint density at radius 3 is 2.50 bits per heavy atom. The minimum atomic E-state index is 0.588. The number of aromatic nitrogens is 2. The lowest BCUT2D eigenvalue weighted by Crippen LogP contribution is -2.08. The molecule has 1 saturated carbocycles. The van der Waals surface area contributed by atoms with Crippen LogP contribution in [0.15, 0.2) is 54.6 Å². The number of hydrogen-bond donors (Lipinski definition) is 1. The van der Waals surface area contributed by atoms with Gasteiger partial charge in [-0.2, -0.15) is 5.10 Å². The SMILES string of the molecule is c1ccc(COc2ccc(-n3nc(C4CCCCC4)c4c3NCCCC4)cc2)cc1. The van der Waals surface area contributed by atoms with Gasteiger partial charge in [0.15, 0.2) is 0 Å². The third-order valence-corrected chi connectivity index (χ3v) is 6.48. The highest BCUT2D eigenvalue weighted by molar-refractivity contribution is 5.55. The van der Waals surface area contributed by atoms with Crippen molar-refractivity contribution in [1.82, 2.24) is 9.78 Å². The van der Waals surface area contributed by atoms with Crippen LogP contribution >= 0.6 is 0 Å². The standard InChI is InChI=1S/C26H31N3O/c1-3-9-20(10-4-1)19-30-23-16-14-22(15-17-23)29-26-24(13-7-8-18-27-26)25(28-29)21-11-5-2-6-12-21/h1,3-4,9-10,14-17,21,27H,2,5-8,11-13,18-19H2. The summed E-state index contributed by atoms with van der Waals surface area (Å²) in [5.41, 5.74) is 5.10. The van der Waals surface area contributed by atoms with E-state index in [-0.39, 0.29) is 0 Å². The van der Waals surface area contributed by atoms with Gasteiger partial charge >= 0.3 is 0 Å². The Morgan fingerprint density at radius 2 is 1.70 bits per heavy atom. The summed E-state index contributed by atoms with van der Waals surface area (Å²) < 4.78 is 8.12. The highest BCUT2D eigenvalue weighted by atomic mass is 16.5. The molecule has 0 saturated heterocycles. The first-order valence-electron chi connectivity index (χ1n) is 11.5. The Bertz CT molecular complexity index is 956. The van der Waals surface area contributed by atoms with Gasteiger partial charge in [0.25, 0.3) is 0 Å². The van der Waals surface area contributed by atoms with Gasteiger partial charge in [-0.1, -0.05) is 49.6 Å². The van der Waals surface area contributed by atoms with Crippen LogP contribution in [0.3, 0.4) is 0 Å². The predicted octanol–water partition coefficient (Wildman–Crippen LogP) is 6.25. The van der Waals surface area contributed by atoms with Gasteiger partial charge in [-0.15, -0.1) is 0 Å². The van der Waals surface area contributed by atoms with Crippen LogP contribution in [0.25, 0.3) is 5.69 Å². The molecule has 4 heteroatoms. The second-order valence-electron chi connectivity index (χ2n) is 8.61. The molecule has 0 atom stereocenters. The van der Waals surface area contributed by atoms with Gasteiger partial charge in [0.05, 0.1) is 11.4 Å². The summed E-state index contributed by atoms with van der Waals surface area (Å²) in [6, 6.07) is 18.7. The van der Waals surface area contributed by atoms with Crippen molar-refractivity contribution in [2.75, 3.05) is 11.9 Å². The largest absolute Gasteiger partial charge is 0.489 e. The van der Waals surface area contributed by atoms with Crippen LogP contribution in [0.5, 0.6) is 5.75 Å². The van der Waals surface area contributed by atoms with Crippen molar-refractivity contribution in [3.8, 4) is 11.4 Å². The van der Waals surface area contributed by atoms with E-state index in [1.807, 2.05) is 18.2 Å². The highest BCUT2D eigenvalue weighted by Gasteiger charge is 2.27. The molecule has 0 spiro atoms. The zero-order valence-electron chi connectivity index (χ0n) is 17.6. The average molecular weight is 402 g/mol. The lowest BCUT2D eigenvalue weighted by molar-refractivity contribution is 0.306. The maximum Gasteiger partial charge on any atom is 0.133 e. The fourth-order valence-corrected chi connectivity index (χ4v) is 4.84. The minimum absolute atomic E-state index is 0.588. The Hall–Kier alpha value is -2.75. The van der Waals surface area contributed by atoms with Gasteiger partial charge in [-0.3, -0.25) is 0 Å². The molecule has 5 rings (SSSR count). The molecular weight excluding hydrogens is 370 g/mol. The molecule has 0 bridgehead atoms. The molecule has 1 aliphatic carbocycles. The molecule has 1 aliphatic heterocycles. The first-order valence-corrected chi connectivity index (χ1v) is 11.5. The predicted molar refractivity (Wildman–Crippen MR) is 122 cm³/mol. The van der Waals surface area contributed by atoms with Crippen molar-refractivity contribution in [3.63, 3.8) is 0 Å². The van der Waals surface area contributed by atoms with Gasteiger partial charge in [0, 0.05) is 18.0 Å². The van der Waals surface area contributed by atoms with E-state index >= 15 is 0 Å². The van der Waals surface area contributed by atoms with Crippen molar-refractivity contribution >= 4 is 5.82 Å². The second-order valence-corrected chi connectivity index (χ2v) is 8.61. The van der Waals surface area contributed by atoms with Crippen LogP contribution < -0.4 is 10.1 Å². The van der Waals surface area contributed by atoms with E-state index in [1.165, 1.54) is 67.6 Å². The number of rotatable bonds is 5. The van der Waals surface area contributed by atoms with Gasteiger partial charge < -0.3 is 10.1 Å². The first kappa shape index (κ1) is 19.2. The fourth-order valence-electron chi connectivity index (χ4n) is 4.84. The third-order valence-electron chi connectivity index (χ3n) is 6.48. The summed E-state index contributed by atoms with van der Waals surface area (Å²) >= 11 is 0. The zero-order chi connectivity index (χ0) is 20.2.